The van der Waals surface area contributed by atoms with Gasteiger partial charge in [-0.1, -0.05) is 26.2 Å². The standard InChI is InChI=1S/C12H20O4.H3N/c1-2-3-4-5-6-7-10-16-12(15)9-8-11(13)14;/h7,10H,2-6,8-9H2,1H3,(H,13,14);1H3/b10-7+;. The molecule has 17 heavy (non-hydrogen) atoms. The number of hydrogen-bond acceptors (Lipinski definition) is 4. The molecule has 5 heteroatoms. The first kappa shape index (κ1) is 18.0. The van der Waals surface area contributed by atoms with Gasteiger partial charge < -0.3 is 16.0 Å². The summed E-state index contributed by atoms with van der Waals surface area (Å²) in [6.07, 6.45) is 8.51. The topological polar surface area (TPSA) is 98.6 Å². The lowest BCUT2D eigenvalue weighted by molar-refractivity contribution is -0.144. The number of aliphatic carboxylic acids is 1. The van der Waals surface area contributed by atoms with Gasteiger partial charge in [-0.3, -0.25) is 9.59 Å². The molecule has 0 heterocycles. The highest BCUT2D eigenvalue weighted by molar-refractivity contribution is 5.76. The van der Waals surface area contributed by atoms with Crippen molar-refractivity contribution < 1.29 is 19.4 Å². The van der Waals surface area contributed by atoms with Gasteiger partial charge in [0.25, 0.3) is 0 Å². The second-order valence-corrected chi connectivity index (χ2v) is 3.60. The first-order chi connectivity index (χ1) is 7.66. The Morgan fingerprint density at radius 3 is 2.47 bits per heavy atom. The maximum absolute atomic E-state index is 10.9. The number of rotatable bonds is 9. The van der Waals surface area contributed by atoms with Crippen molar-refractivity contribution in [3.8, 4) is 0 Å². The minimum Gasteiger partial charge on any atom is -0.481 e. The van der Waals surface area contributed by atoms with E-state index in [4.69, 9.17) is 9.84 Å². The summed E-state index contributed by atoms with van der Waals surface area (Å²) in [7, 11) is 0. The van der Waals surface area contributed by atoms with Crippen LogP contribution >= 0.6 is 0 Å². The van der Waals surface area contributed by atoms with Crippen molar-refractivity contribution in [3.05, 3.63) is 12.3 Å². The number of esters is 1. The van der Waals surface area contributed by atoms with Gasteiger partial charge in [0.15, 0.2) is 0 Å². The number of carboxylic acid groups (broad SMARTS) is 1. The highest BCUT2D eigenvalue weighted by Gasteiger charge is 2.04. The average molecular weight is 245 g/mol. The van der Waals surface area contributed by atoms with Gasteiger partial charge in [-0.15, -0.1) is 0 Å². The molecule has 0 aliphatic heterocycles. The first-order valence-electron chi connectivity index (χ1n) is 5.73. The summed E-state index contributed by atoms with van der Waals surface area (Å²) in [5, 5.41) is 8.33. The second-order valence-electron chi connectivity index (χ2n) is 3.60. The van der Waals surface area contributed by atoms with Crippen LogP contribution in [-0.2, 0) is 14.3 Å². The molecule has 100 valence electrons. The molecule has 0 saturated carbocycles. The van der Waals surface area contributed by atoms with E-state index in [1.807, 2.05) is 0 Å². The highest BCUT2D eigenvalue weighted by atomic mass is 16.5. The van der Waals surface area contributed by atoms with Crippen LogP contribution in [0, 0.1) is 0 Å². The van der Waals surface area contributed by atoms with Crippen molar-refractivity contribution >= 4 is 11.9 Å². The molecule has 0 aliphatic rings. The molecule has 0 atom stereocenters. The molecule has 0 fully saturated rings. The Morgan fingerprint density at radius 1 is 1.18 bits per heavy atom. The van der Waals surface area contributed by atoms with Crippen molar-refractivity contribution in [2.45, 2.75) is 51.9 Å². The Balaban J connectivity index is 0. The molecule has 0 bridgehead atoms. The van der Waals surface area contributed by atoms with Gasteiger partial charge in [0.2, 0.25) is 0 Å². The van der Waals surface area contributed by atoms with E-state index in [1.165, 1.54) is 25.5 Å². The summed E-state index contributed by atoms with van der Waals surface area (Å²) in [4.78, 5) is 21.1. The quantitative estimate of drug-likeness (QED) is 0.369. The zero-order valence-electron chi connectivity index (χ0n) is 10.5. The Bertz CT molecular complexity index is 239. The van der Waals surface area contributed by atoms with E-state index >= 15 is 0 Å². The van der Waals surface area contributed by atoms with Gasteiger partial charge in [0, 0.05) is 0 Å². The second kappa shape index (κ2) is 12.7. The number of unbranched alkanes of at least 4 members (excludes halogenated alkanes) is 4. The number of hydrogen-bond donors (Lipinski definition) is 2. The van der Waals surface area contributed by atoms with Gasteiger partial charge in [0.05, 0.1) is 19.1 Å². The molecule has 0 aromatic rings. The fourth-order valence-corrected chi connectivity index (χ4v) is 1.15. The van der Waals surface area contributed by atoms with Crippen LogP contribution in [0.1, 0.15) is 51.9 Å². The number of allylic oxidation sites excluding steroid dienone is 1. The van der Waals surface area contributed by atoms with E-state index < -0.39 is 11.9 Å². The highest BCUT2D eigenvalue weighted by Crippen LogP contribution is 2.03. The monoisotopic (exact) mass is 245 g/mol. The summed E-state index contributed by atoms with van der Waals surface area (Å²) < 4.78 is 4.72. The van der Waals surface area contributed by atoms with Crippen LogP contribution in [-0.4, -0.2) is 17.0 Å². The predicted octanol–water partition coefficient (Wildman–Crippen LogP) is 3.04. The lowest BCUT2D eigenvalue weighted by Crippen LogP contribution is -2.03. The normalized spacial score (nSPS) is 9.94. The molecule has 0 radical (unpaired) electrons. The molecule has 0 spiro atoms. The van der Waals surface area contributed by atoms with Gasteiger partial charge in [-0.2, -0.15) is 0 Å². The van der Waals surface area contributed by atoms with Crippen molar-refractivity contribution in [2.75, 3.05) is 0 Å². The Labute approximate surface area is 102 Å². The van der Waals surface area contributed by atoms with E-state index in [2.05, 4.69) is 6.92 Å². The van der Waals surface area contributed by atoms with Gasteiger partial charge in [0.1, 0.15) is 0 Å². The first-order valence-corrected chi connectivity index (χ1v) is 5.73. The van der Waals surface area contributed by atoms with E-state index in [-0.39, 0.29) is 19.0 Å². The fourth-order valence-electron chi connectivity index (χ4n) is 1.15. The molecule has 4 N–H and O–H groups in total. The summed E-state index contributed by atoms with van der Waals surface area (Å²) in [5.41, 5.74) is 0. The van der Waals surface area contributed by atoms with Crippen LogP contribution in [0.25, 0.3) is 0 Å². The number of carbonyl (C=O) groups excluding carboxylic acids is 1. The van der Waals surface area contributed by atoms with E-state index in [0.29, 0.717) is 0 Å². The number of carboxylic acids is 1. The molecule has 0 unspecified atom stereocenters. The molecule has 0 rings (SSSR count). The Kier molecular flexibility index (Phi) is 13.5. The van der Waals surface area contributed by atoms with Gasteiger partial charge in [-0.25, -0.2) is 0 Å². The number of carbonyl (C=O) groups is 2. The zero-order valence-corrected chi connectivity index (χ0v) is 10.5. The van der Waals surface area contributed by atoms with Crippen LogP contribution in [0.3, 0.4) is 0 Å². The molecule has 0 aromatic heterocycles. The summed E-state index contributed by atoms with van der Waals surface area (Å²) in [6, 6.07) is 0. The molecule has 0 aliphatic carbocycles. The molecule has 0 aromatic carbocycles. The van der Waals surface area contributed by atoms with Crippen molar-refractivity contribution in [3.63, 3.8) is 0 Å². The van der Waals surface area contributed by atoms with Crippen LogP contribution in [0.2, 0.25) is 0 Å². The van der Waals surface area contributed by atoms with Crippen LogP contribution in [0.5, 0.6) is 0 Å². The fraction of sp³-hybridized carbons (Fsp3) is 0.667. The summed E-state index contributed by atoms with van der Waals surface area (Å²) in [6.45, 7) is 2.15. The molecule has 0 amide bonds. The van der Waals surface area contributed by atoms with E-state index in [0.717, 1.165) is 12.8 Å². The van der Waals surface area contributed by atoms with E-state index in [1.54, 1.807) is 6.08 Å². The molecular weight excluding hydrogens is 222 g/mol. The lowest BCUT2D eigenvalue weighted by atomic mass is 10.1. The van der Waals surface area contributed by atoms with Gasteiger partial charge in [-0.05, 0) is 18.9 Å². The van der Waals surface area contributed by atoms with Crippen LogP contribution in [0.15, 0.2) is 12.3 Å². The summed E-state index contributed by atoms with van der Waals surface area (Å²) >= 11 is 0. The SMILES string of the molecule is CCCCCC/C=C/OC(=O)CCC(=O)O.N. The van der Waals surface area contributed by atoms with E-state index in [9.17, 15) is 9.59 Å². The third kappa shape index (κ3) is 14.6. The van der Waals surface area contributed by atoms with Crippen LogP contribution in [0.4, 0.5) is 0 Å². The zero-order chi connectivity index (χ0) is 12.2. The molecule has 0 saturated heterocycles. The maximum atomic E-state index is 10.9. The molecule has 5 nitrogen and oxygen atoms in total. The van der Waals surface area contributed by atoms with Crippen LogP contribution < -0.4 is 6.15 Å². The largest absolute Gasteiger partial charge is 0.481 e. The Hall–Kier alpha value is -1.36. The van der Waals surface area contributed by atoms with Gasteiger partial charge >= 0.3 is 11.9 Å². The average Bonchev–Trinajstić information content (AvgIpc) is 2.25. The maximum Gasteiger partial charge on any atom is 0.311 e. The summed E-state index contributed by atoms with van der Waals surface area (Å²) in [5.74, 6) is -1.48. The predicted molar refractivity (Wildman–Crippen MR) is 65.9 cm³/mol. The smallest absolute Gasteiger partial charge is 0.311 e. The third-order valence-electron chi connectivity index (χ3n) is 2.06. The minimum atomic E-state index is -0.986. The Morgan fingerprint density at radius 2 is 1.88 bits per heavy atom. The van der Waals surface area contributed by atoms with Crippen molar-refractivity contribution in [2.24, 2.45) is 0 Å². The number of ether oxygens (including phenoxy) is 1. The minimum absolute atomic E-state index is 0. The third-order valence-corrected chi connectivity index (χ3v) is 2.06. The molecular formula is C12H23NO4. The lowest BCUT2D eigenvalue weighted by Gasteiger charge is -1.97. The van der Waals surface area contributed by atoms with Crippen molar-refractivity contribution in [1.82, 2.24) is 6.15 Å². The van der Waals surface area contributed by atoms with Crippen molar-refractivity contribution in [1.29, 1.82) is 0 Å².